The van der Waals surface area contributed by atoms with Crippen molar-refractivity contribution in [1.82, 2.24) is 0 Å². The molecule has 1 aromatic rings. The van der Waals surface area contributed by atoms with E-state index in [0.29, 0.717) is 14.0 Å². The number of esters is 1. The molecular formula is C18H9F17O4. The lowest BCUT2D eigenvalue weighted by molar-refractivity contribution is -0.462. The van der Waals surface area contributed by atoms with Crippen LogP contribution in [-0.4, -0.2) is 65.7 Å². The number of phenolic OH excluding ortho intramolecular Hbond substituents is 1. The van der Waals surface area contributed by atoms with Gasteiger partial charge in [0.1, 0.15) is 11.3 Å². The minimum Gasteiger partial charge on any atom is -0.507 e. The van der Waals surface area contributed by atoms with Gasteiger partial charge in [0, 0.05) is 5.56 Å². The molecule has 0 unspecified atom stereocenters. The molecule has 0 fully saturated rings. The lowest BCUT2D eigenvalue weighted by Crippen LogP contribution is -2.74. The Morgan fingerprint density at radius 1 is 0.641 bits per heavy atom. The van der Waals surface area contributed by atoms with Crippen LogP contribution < -0.4 is 0 Å². The smallest absolute Gasteiger partial charge is 0.460 e. The fraction of sp³-hybridized carbons (Fsp3) is 0.556. The Kier molecular flexibility index (Phi) is 8.08. The van der Waals surface area contributed by atoms with Gasteiger partial charge in [-0.3, -0.25) is 4.79 Å². The van der Waals surface area contributed by atoms with Crippen molar-refractivity contribution in [3.05, 3.63) is 28.8 Å². The van der Waals surface area contributed by atoms with Crippen molar-refractivity contribution in [2.24, 2.45) is 0 Å². The van der Waals surface area contributed by atoms with Gasteiger partial charge in [-0.1, -0.05) is 0 Å². The van der Waals surface area contributed by atoms with Gasteiger partial charge in [-0.15, -0.1) is 0 Å². The van der Waals surface area contributed by atoms with E-state index in [1.807, 2.05) is 0 Å². The number of alkyl halides is 17. The highest BCUT2D eigenvalue weighted by Crippen LogP contribution is 2.65. The van der Waals surface area contributed by atoms with E-state index >= 15 is 0 Å². The van der Waals surface area contributed by atoms with Crippen molar-refractivity contribution in [2.45, 2.75) is 54.6 Å². The number of carbonyl (C=O) groups is 2. The highest BCUT2D eigenvalue weighted by Gasteiger charge is 2.95. The second kappa shape index (κ2) is 9.27. The number of halogens is 17. The molecule has 21 heteroatoms. The van der Waals surface area contributed by atoms with Crippen LogP contribution in [0.4, 0.5) is 74.6 Å². The molecule has 0 heterocycles. The van der Waals surface area contributed by atoms with Gasteiger partial charge in [-0.25, -0.2) is 4.79 Å². The van der Waals surface area contributed by atoms with E-state index in [2.05, 4.69) is 4.74 Å². The number of rotatable bonds is 9. The van der Waals surface area contributed by atoms with Gasteiger partial charge in [0.2, 0.25) is 0 Å². The first-order valence-electron chi connectivity index (χ1n) is 9.11. The van der Waals surface area contributed by atoms with E-state index in [4.69, 9.17) is 0 Å². The van der Waals surface area contributed by atoms with Gasteiger partial charge in [0.05, 0.1) is 12.7 Å². The zero-order chi connectivity index (χ0) is 31.6. The summed E-state index contributed by atoms with van der Waals surface area (Å²) < 4.78 is 233. The van der Waals surface area contributed by atoms with Crippen molar-refractivity contribution in [3.63, 3.8) is 0 Å². The van der Waals surface area contributed by atoms with Gasteiger partial charge in [0.15, 0.2) is 5.78 Å². The Bertz CT molecular complexity index is 1140. The Balaban J connectivity index is 3.99. The molecule has 0 atom stereocenters. The number of ether oxygens (including phenoxy) is 1. The molecule has 0 aromatic heterocycles. The van der Waals surface area contributed by atoms with E-state index in [-0.39, 0.29) is 6.07 Å². The third kappa shape index (κ3) is 4.49. The number of aromatic hydroxyl groups is 1. The molecule has 0 saturated carbocycles. The Hall–Kier alpha value is -3.03. The van der Waals surface area contributed by atoms with Crippen LogP contribution in [0, 0.1) is 0 Å². The van der Waals surface area contributed by atoms with Crippen molar-refractivity contribution >= 4 is 11.8 Å². The lowest BCUT2D eigenvalue weighted by atomic mass is 9.86. The standard InChI is InChI=1S/C18H9F17O4/c1-5(36)6-3-7(10(38)39-2)9(37)8(4-6)11(19,20)12(21,22)13(23,24)14(25,26)15(27,28)16(29,30)17(31,32)18(33,34)35/h3-4,37H,1-2H3. The maximum Gasteiger partial charge on any atom is 0.460 e. The van der Waals surface area contributed by atoms with Crippen LogP contribution >= 0.6 is 0 Å². The maximum atomic E-state index is 14.6. The Labute approximate surface area is 203 Å². The quantitative estimate of drug-likeness (QED) is 0.188. The summed E-state index contributed by atoms with van der Waals surface area (Å²) in [5, 5.41) is 9.70. The first-order chi connectivity index (χ1) is 16.9. The molecule has 0 saturated heterocycles. The fourth-order valence-electron chi connectivity index (χ4n) is 2.68. The average Bonchev–Trinajstić information content (AvgIpc) is 2.76. The SMILES string of the molecule is COC(=O)c1cc(C(C)=O)cc(C(F)(F)C(F)(F)C(F)(F)C(F)(F)C(F)(F)C(F)(F)C(F)(F)C(F)(F)F)c1O. The van der Waals surface area contributed by atoms with Crippen LogP contribution in [-0.2, 0) is 10.7 Å². The van der Waals surface area contributed by atoms with E-state index < -0.39 is 87.9 Å². The number of methoxy groups -OCH3 is 1. The van der Waals surface area contributed by atoms with Crippen molar-refractivity contribution < 1.29 is 94.1 Å². The summed E-state index contributed by atoms with van der Waals surface area (Å²) in [5.74, 6) is -64.6. The molecule has 39 heavy (non-hydrogen) atoms. The topological polar surface area (TPSA) is 63.6 Å². The van der Waals surface area contributed by atoms with Gasteiger partial charge >= 0.3 is 53.6 Å². The van der Waals surface area contributed by atoms with E-state index in [1.54, 1.807) is 0 Å². The monoisotopic (exact) mass is 612 g/mol. The number of hydrogen-bond donors (Lipinski definition) is 1. The first-order valence-corrected chi connectivity index (χ1v) is 9.11. The van der Waals surface area contributed by atoms with E-state index in [0.717, 1.165) is 0 Å². The molecule has 1 N–H and O–H groups in total. The molecule has 0 bridgehead atoms. The summed E-state index contributed by atoms with van der Waals surface area (Å²) in [6, 6.07) is -0.543. The molecular weight excluding hydrogens is 603 g/mol. The minimum atomic E-state index is -8.83. The molecule has 0 radical (unpaired) electrons. The molecule has 1 rings (SSSR count). The molecule has 1 aromatic carbocycles. The number of benzene rings is 1. The average molecular weight is 612 g/mol. The summed E-state index contributed by atoms with van der Waals surface area (Å²) in [4.78, 5) is 23.0. The molecule has 0 spiro atoms. The largest absolute Gasteiger partial charge is 0.507 e. The second-order valence-corrected chi connectivity index (χ2v) is 7.49. The third-order valence-corrected chi connectivity index (χ3v) is 4.98. The zero-order valence-corrected chi connectivity index (χ0v) is 18.3. The summed E-state index contributed by atoms with van der Waals surface area (Å²) >= 11 is 0. The van der Waals surface area contributed by atoms with Crippen molar-refractivity contribution in [2.75, 3.05) is 7.11 Å². The Morgan fingerprint density at radius 3 is 1.33 bits per heavy atom. The second-order valence-electron chi connectivity index (χ2n) is 7.49. The van der Waals surface area contributed by atoms with Crippen LogP contribution in [0.3, 0.4) is 0 Å². The van der Waals surface area contributed by atoms with E-state index in [9.17, 15) is 89.3 Å². The molecule has 224 valence electrons. The lowest BCUT2D eigenvalue weighted by Gasteiger charge is -2.42. The number of hydrogen-bond acceptors (Lipinski definition) is 4. The minimum absolute atomic E-state index is 0.113. The number of carbonyl (C=O) groups excluding carboxylic acids is 2. The number of phenols is 1. The van der Waals surface area contributed by atoms with Gasteiger partial charge in [-0.2, -0.15) is 74.6 Å². The molecule has 0 aliphatic carbocycles. The summed E-state index contributed by atoms with van der Waals surface area (Å²) in [6.07, 6.45) is -7.89. The summed E-state index contributed by atoms with van der Waals surface area (Å²) in [5.41, 5.74) is -6.14. The van der Waals surface area contributed by atoms with Crippen LogP contribution in [0.5, 0.6) is 5.75 Å². The summed E-state index contributed by atoms with van der Waals surface area (Å²) in [6.45, 7) is 0.430. The van der Waals surface area contributed by atoms with Crippen molar-refractivity contribution in [3.8, 4) is 5.75 Å². The van der Waals surface area contributed by atoms with Crippen LogP contribution in [0.15, 0.2) is 12.1 Å². The molecule has 0 aliphatic heterocycles. The molecule has 0 aliphatic rings. The van der Waals surface area contributed by atoms with Gasteiger partial charge in [0.25, 0.3) is 0 Å². The predicted molar refractivity (Wildman–Crippen MR) is 89.1 cm³/mol. The van der Waals surface area contributed by atoms with Gasteiger partial charge < -0.3 is 9.84 Å². The zero-order valence-electron chi connectivity index (χ0n) is 18.3. The number of ketones is 1. The van der Waals surface area contributed by atoms with Crippen LogP contribution in [0.1, 0.15) is 33.2 Å². The number of Topliss-reactive ketones (excluding diaryl/α,β-unsaturated/α-hetero) is 1. The fourth-order valence-corrected chi connectivity index (χ4v) is 2.68. The normalized spacial score (nSPS) is 14.8. The first kappa shape index (κ1) is 34.0. The van der Waals surface area contributed by atoms with E-state index in [1.165, 1.54) is 0 Å². The molecule has 0 amide bonds. The highest BCUT2D eigenvalue weighted by atomic mass is 19.4. The summed E-state index contributed by atoms with van der Waals surface area (Å²) in [7, 11) is 0.433. The third-order valence-electron chi connectivity index (χ3n) is 4.98. The van der Waals surface area contributed by atoms with Crippen LogP contribution in [0.2, 0.25) is 0 Å². The Morgan fingerprint density at radius 2 is 1.00 bits per heavy atom. The highest BCUT2D eigenvalue weighted by molar-refractivity contribution is 6.00. The molecule has 4 nitrogen and oxygen atoms in total. The predicted octanol–water partition coefficient (Wildman–Crippen LogP) is 6.85. The van der Waals surface area contributed by atoms with Gasteiger partial charge in [-0.05, 0) is 19.1 Å². The van der Waals surface area contributed by atoms with Crippen molar-refractivity contribution in [1.29, 1.82) is 0 Å². The van der Waals surface area contributed by atoms with Crippen LogP contribution in [0.25, 0.3) is 0 Å². The maximum absolute atomic E-state index is 14.6.